The summed E-state index contributed by atoms with van der Waals surface area (Å²) in [6.07, 6.45) is 4.69. The van der Waals surface area contributed by atoms with Crippen molar-refractivity contribution in [1.82, 2.24) is 4.57 Å². The Balaban J connectivity index is 0.00000154. The lowest BCUT2D eigenvalue weighted by Crippen LogP contribution is -2.27. The zero-order chi connectivity index (χ0) is 15.2. The molecule has 1 aromatic rings. The van der Waals surface area contributed by atoms with Gasteiger partial charge in [0.05, 0.1) is 5.69 Å². The third-order valence-corrected chi connectivity index (χ3v) is 2.27. The zero-order valence-electron chi connectivity index (χ0n) is 12.9. The molecule has 0 saturated carbocycles. The molecule has 0 spiro atoms. The van der Waals surface area contributed by atoms with E-state index in [9.17, 15) is 4.79 Å². The van der Waals surface area contributed by atoms with Crippen molar-refractivity contribution in [2.45, 2.75) is 47.1 Å². The highest BCUT2D eigenvalue weighted by Gasteiger charge is 2.20. The van der Waals surface area contributed by atoms with Crippen molar-refractivity contribution in [3.63, 3.8) is 0 Å². The SMILES string of the molecule is C=Cc1c(C)cn(C(=O)OC(C)(C)C)c1C=C.CC. The van der Waals surface area contributed by atoms with Crippen LogP contribution in [-0.4, -0.2) is 16.3 Å². The molecule has 0 N–H and O–H groups in total. The Morgan fingerprint density at radius 3 is 2.16 bits per heavy atom. The Bertz CT molecular complexity index is 462. The van der Waals surface area contributed by atoms with Crippen molar-refractivity contribution in [2.24, 2.45) is 0 Å². The van der Waals surface area contributed by atoms with Crippen LogP contribution in [0.2, 0.25) is 0 Å². The first-order valence-corrected chi connectivity index (χ1v) is 6.50. The Morgan fingerprint density at radius 2 is 1.79 bits per heavy atom. The largest absolute Gasteiger partial charge is 0.443 e. The summed E-state index contributed by atoms with van der Waals surface area (Å²) < 4.78 is 6.78. The van der Waals surface area contributed by atoms with Crippen LogP contribution in [0.1, 0.15) is 51.4 Å². The summed E-state index contributed by atoms with van der Waals surface area (Å²) in [7, 11) is 0. The summed E-state index contributed by atoms with van der Waals surface area (Å²) >= 11 is 0. The second-order valence-electron chi connectivity index (χ2n) is 4.87. The highest BCUT2D eigenvalue weighted by molar-refractivity contribution is 5.79. The minimum absolute atomic E-state index is 0.399. The van der Waals surface area contributed by atoms with Crippen molar-refractivity contribution >= 4 is 18.2 Å². The van der Waals surface area contributed by atoms with Gasteiger partial charge in [-0.15, -0.1) is 0 Å². The van der Waals surface area contributed by atoms with E-state index in [1.807, 2.05) is 41.5 Å². The molecule has 0 amide bonds. The van der Waals surface area contributed by atoms with Gasteiger partial charge in [0.25, 0.3) is 0 Å². The minimum atomic E-state index is -0.512. The fraction of sp³-hybridized carbons (Fsp3) is 0.438. The molecule has 1 aromatic heterocycles. The van der Waals surface area contributed by atoms with Gasteiger partial charge in [0.15, 0.2) is 0 Å². The second kappa shape index (κ2) is 6.98. The average molecular weight is 263 g/mol. The molecule has 0 unspecified atom stereocenters. The molecule has 0 radical (unpaired) electrons. The molecule has 0 fully saturated rings. The summed E-state index contributed by atoms with van der Waals surface area (Å²) in [5.41, 5.74) is 2.08. The third kappa shape index (κ3) is 4.43. The van der Waals surface area contributed by atoms with E-state index in [1.54, 1.807) is 18.3 Å². The maximum absolute atomic E-state index is 12.0. The zero-order valence-corrected chi connectivity index (χ0v) is 12.9. The van der Waals surface area contributed by atoms with Gasteiger partial charge in [0, 0.05) is 11.8 Å². The average Bonchev–Trinajstić information content (AvgIpc) is 2.65. The van der Waals surface area contributed by atoms with Crippen LogP contribution in [0.3, 0.4) is 0 Å². The molecule has 0 aliphatic carbocycles. The van der Waals surface area contributed by atoms with Gasteiger partial charge in [-0.25, -0.2) is 4.79 Å². The normalized spacial score (nSPS) is 10.2. The molecule has 0 aromatic carbocycles. The lowest BCUT2D eigenvalue weighted by molar-refractivity contribution is 0.0536. The van der Waals surface area contributed by atoms with Crippen LogP contribution in [0.5, 0.6) is 0 Å². The number of aryl methyl sites for hydroxylation is 1. The van der Waals surface area contributed by atoms with Gasteiger partial charge in [-0.2, -0.15) is 0 Å². The molecule has 1 rings (SSSR count). The number of aromatic nitrogens is 1. The molecule has 1 heterocycles. The van der Waals surface area contributed by atoms with Gasteiger partial charge >= 0.3 is 6.09 Å². The Kier molecular flexibility index (Phi) is 6.33. The molecule has 106 valence electrons. The summed E-state index contributed by atoms with van der Waals surface area (Å²) in [5, 5.41) is 0. The first-order valence-electron chi connectivity index (χ1n) is 6.50. The van der Waals surface area contributed by atoms with Crippen molar-refractivity contribution < 1.29 is 9.53 Å². The summed E-state index contributed by atoms with van der Waals surface area (Å²) in [6, 6.07) is 0. The minimum Gasteiger partial charge on any atom is -0.443 e. The molecule has 19 heavy (non-hydrogen) atoms. The van der Waals surface area contributed by atoms with Crippen LogP contribution < -0.4 is 0 Å². The number of carbonyl (C=O) groups excluding carboxylic acids is 1. The number of hydrogen-bond acceptors (Lipinski definition) is 2. The predicted molar refractivity (Wildman–Crippen MR) is 82.3 cm³/mol. The Labute approximate surface area is 116 Å². The quantitative estimate of drug-likeness (QED) is 0.760. The summed E-state index contributed by atoms with van der Waals surface area (Å²) in [6.45, 7) is 18.9. The number of rotatable bonds is 2. The fourth-order valence-corrected chi connectivity index (χ4v) is 1.60. The first kappa shape index (κ1) is 17.2. The molecule has 3 heteroatoms. The van der Waals surface area contributed by atoms with Crippen molar-refractivity contribution in [3.05, 3.63) is 36.2 Å². The lowest BCUT2D eigenvalue weighted by atomic mass is 10.1. The fourth-order valence-electron chi connectivity index (χ4n) is 1.60. The van der Waals surface area contributed by atoms with E-state index in [0.29, 0.717) is 5.69 Å². The molecule has 0 aliphatic heterocycles. The van der Waals surface area contributed by atoms with E-state index in [2.05, 4.69) is 13.2 Å². The van der Waals surface area contributed by atoms with E-state index >= 15 is 0 Å². The smallest absolute Gasteiger partial charge is 0.418 e. The van der Waals surface area contributed by atoms with E-state index in [1.165, 1.54) is 4.57 Å². The number of hydrogen-bond donors (Lipinski definition) is 0. The van der Waals surface area contributed by atoms with Crippen molar-refractivity contribution in [3.8, 4) is 0 Å². The summed E-state index contributed by atoms with van der Waals surface area (Å²) in [5.74, 6) is 0. The van der Waals surface area contributed by atoms with Crippen LogP contribution in [0.15, 0.2) is 19.4 Å². The van der Waals surface area contributed by atoms with Gasteiger partial charge in [-0.3, -0.25) is 4.57 Å². The number of carbonyl (C=O) groups is 1. The van der Waals surface area contributed by atoms with E-state index in [-0.39, 0.29) is 0 Å². The van der Waals surface area contributed by atoms with Crippen molar-refractivity contribution in [2.75, 3.05) is 0 Å². The van der Waals surface area contributed by atoms with Gasteiger partial charge in [-0.1, -0.05) is 33.1 Å². The van der Waals surface area contributed by atoms with Crippen LogP contribution in [0.25, 0.3) is 12.2 Å². The van der Waals surface area contributed by atoms with Gasteiger partial charge in [0.2, 0.25) is 0 Å². The highest BCUT2D eigenvalue weighted by Crippen LogP contribution is 2.21. The van der Waals surface area contributed by atoms with E-state index in [0.717, 1.165) is 11.1 Å². The predicted octanol–water partition coefficient (Wildman–Crippen LogP) is 4.89. The molecule has 0 saturated heterocycles. The third-order valence-electron chi connectivity index (χ3n) is 2.27. The van der Waals surface area contributed by atoms with E-state index < -0.39 is 11.7 Å². The van der Waals surface area contributed by atoms with Gasteiger partial charge in [-0.05, 0) is 39.3 Å². The second-order valence-corrected chi connectivity index (χ2v) is 4.87. The topological polar surface area (TPSA) is 31.2 Å². The lowest BCUT2D eigenvalue weighted by Gasteiger charge is -2.20. The maximum atomic E-state index is 12.0. The monoisotopic (exact) mass is 263 g/mol. The molecule has 0 bridgehead atoms. The highest BCUT2D eigenvalue weighted by atomic mass is 16.6. The van der Waals surface area contributed by atoms with Crippen LogP contribution >= 0.6 is 0 Å². The standard InChI is InChI=1S/C14H19NO2.C2H6/c1-7-11-10(3)9-15(12(11)8-2)13(16)17-14(4,5)6;1-2/h7-9H,1-2H2,3-6H3;1-2H3. The van der Waals surface area contributed by atoms with Gasteiger partial charge < -0.3 is 4.74 Å². The Hall–Kier alpha value is -1.77. The number of nitrogens with zero attached hydrogens (tertiary/aromatic N) is 1. The molecule has 3 nitrogen and oxygen atoms in total. The molecule has 0 aliphatic rings. The maximum Gasteiger partial charge on any atom is 0.418 e. The van der Waals surface area contributed by atoms with Crippen LogP contribution in [0, 0.1) is 6.92 Å². The van der Waals surface area contributed by atoms with E-state index in [4.69, 9.17) is 4.74 Å². The number of ether oxygens (including phenoxy) is 1. The van der Waals surface area contributed by atoms with Gasteiger partial charge in [0.1, 0.15) is 5.60 Å². The summed E-state index contributed by atoms with van der Waals surface area (Å²) in [4.78, 5) is 12.0. The van der Waals surface area contributed by atoms with Crippen LogP contribution in [0.4, 0.5) is 4.79 Å². The molecule has 0 atom stereocenters. The molecular formula is C16H25NO2. The Morgan fingerprint density at radius 1 is 1.26 bits per heavy atom. The van der Waals surface area contributed by atoms with Crippen LogP contribution in [-0.2, 0) is 4.74 Å². The van der Waals surface area contributed by atoms with Crippen molar-refractivity contribution in [1.29, 1.82) is 0 Å². The molecular weight excluding hydrogens is 238 g/mol. The first-order chi connectivity index (χ1) is 8.80.